The van der Waals surface area contributed by atoms with Gasteiger partial charge in [-0.05, 0) is 54.9 Å². The number of hydrogen-bond donors (Lipinski definition) is 0. The van der Waals surface area contributed by atoms with Crippen LogP contribution in [-0.4, -0.2) is 19.7 Å². The molecular weight excluding hydrogens is 452 g/mol. The second-order valence-corrected chi connectivity index (χ2v) is 8.79. The molecule has 0 amide bonds. The number of hydrogen-bond acceptors (Lipinski definition) is 3. The van der Waals surface area contributed by atoms with Crippen molar-refractivity contribution < 1.29 is 13.2 Å². The Morgan fingerprint density at radius 2 is 1.48 bits per heavy atom. The Bertz CT molecular complexity index is 933. The zero-order chi connectivity index (χ0) is 18.9. The number of benzene rings is 2. The molecule has 4 nitrogen and oxygen atoms in total. The first-order chi connectivity index (χ1) is 11.6. The van der Waals surface area contributed by atoms with Crippen molar-refractivity contribution in [3.63, 3.8) is 0 Å². The number of halogens is 5. The summed E-state index contributed by atoms with van der Waals surface area (Å²) in [5.74, 6) is 0. The van der Waals surface area contributed by atoms with E-state index in [0.29, 0.717) is 0 Å². The highest BCUT2D eigenvalue weighted by Crippen LogP contribution is 2.37. The van der Waals surface area contributed by atoms with Crippen LogP contribution >= 0.6 is 58.0 Å². The number of carbonyl (C=O) groups is 1. The second-order valence-electron chi connectivity index (χ2n) is 4.95. The minimum absolute atomic E-state index is 0.00768. The molecule has 25 heavy (non-hydrogen) atoms. The molecule has 0 saturated heterocycles. The lowest BCUT2D eigenvalue weighted by Gasteiger charge is -2.29. The summed E-state index contributed by atoms with van der Waals surface area (Å²) in [6, 6.07) is 6.89. The summed E-state index contributed by atoms with van der Waals surface area (Å²) in [5.41, 5.74) is -0.00768. The van der Waals surface area contributed by atoms with E-state index in [-0.39, 0.29) is 30.7 Å². The lowest BCUT2D eigenvalue weighted by Crippen LogP contribution is -2.42. The van der Waals surface area contributed by atoms with Gasteiger partial charge < -0.3 is 0 Å². The number of nitrogens with zero attached hydrogens (tertiary/aromatic N) is 1. The van der Waals surface area contributed by atoms with Crippen LogP contribution in [0.1, 0.15) is 6.92 Å². The molecule has 2 aromatic rings. The van der Waals surface area contributed by atoms with Gasteiger partial charge in [0.15, 0.2) is 0 Å². The molecule has 0 spiro atoms. The molecule has 1 atom stereocenters. The summed E-state index contributed by atoms with van der Waals surface area (Å²) in [5, 5.41) is -0.522. The summed E-state index contributed by atoms with van der Waals surface area (Å²) < 4.78 is 27.1. The average Bonchev–Trinajstić information content (AvgIpc) is 2.52. The van der Waals surface area contributed by atoms with E-state index in [1.807, 2.05) is 0 Å². The first-order valence-corrected chi connectivity index (χ1v) is 10.0. The van der Waals surface area contributed by atoms with E-state index in [1.54, 1.807) is 0 Å². The first kappa shape index (κ1) is 20.6. The largest absolute Gasteiger partial charge is 0.279 e. The third-order valence-corrected chi connectivity index (χ3v) is 6.73. The van der Waals surface area contributed by atoms with E-state index in [1.165, 1.54) is 43.3 Å². The summed E-state index contributed by atoms with van der Waals surface area (Å²) >= 11 is 29.5. The molecule has 1 unspecified atom stereocenters. The van der Waals surface area contributed by atoms with Gasteiger partial charge in [-0.3, -0.25) is 9.10 Å². The average molecular weight is 462 g/mol. The fourth-order valence-corrected chi connectivity index (χ4v) is 5.03. The Morgan fingerprint density at radius 3 is 2.04 bits per heavy atom. The highest BCUT2D eigenvalue weighted by molar-refractivity contribution is 7.93. The minimum atomic E-state index is -4.32. The van der Waals surface area contributed by atoms with Crippen molar-refractivity contribution in [1.82, 2.24) is 0 Å². The van der Waals surface area contributed by atoms with Crippen LogP contribution in [-0.2, 0) is 14.8 Å². The maximum atomic E-state index is 13.2. The normalized spacial score (nSPS) is 12.7. The van der Waals surface area contributed by atoms with Crippen LogP contribution < -0.4 is 4.31 Å². The Labute approximate surface area is 170 Å². The van der Waals surface area contributed by atoms with E-state index in [0.717, 1.165) is 4.31 Å². The number of carbonyl (C=O) groups excluding carboxylic acids is 1. The van der Waals surface area contributed by atoms with Gasteiger partial charge >= 0.3 is 0 Å². The van der Waals surface area contributed by atoms with Gasteiger partial charge in [0.25, 0.3) is 10.0 Å². The smallest absolute Gasteiger partial charge is 0.266 e. The van der Waals surface area contributed by atoms with Gasteiger partial charge in [0, 0.05) is 10.0 Å². The van der Waals surface area contributed by atoms with Gasteiger partial charge in [-0.25, -0.2) is 8.42 Å². The lowest BCUT2D eigenvalue weighted by molar-refractivity contribution is -0.112. The molecule has 134 valence electrons. The predicted molar refractivity (Wildman–Crippen MR) is 103 cm³/mol. The van der Waals surface area contributed by atoms with Gasteiger partial charge in [0.05, 0.1) is 15.7 Å². The molecule has 0 heterocycles. The summed E-state index contributed by atoms with van der Waals surface area (Å²) in [7, 11) is -4.32. The van der Waals surface area contributed by atoms with Gasteiger partial charge in [-0.2, -0.15) is 0 Å². The first-order valence-electron chi connectivity index (χ1n) is 6.69. The van der Waals surface area contributed by atoms with Crippen LogP contribution in [0.3, 0.4) is 0 Å². The van der Waals surface area contributed by atoms with E-state index in [9.17, 15) is 13.2 Å². The fourth-order valence-electron chi connectivity index (χ4n) is 2.07. The van der Waals surface area contributed by atoms with Gasteiger partial charge in [-0.1, -0.05) is 46.4 Å². The molecule has 0 aliphatic carbocycles. The highest BCUT2D eigenvalue weighted by Gasteiger charge is 2.35. The zero-order valence-electron chi connectivity index (χ0n) is 12.5. The number of anilines is 1. The predicted octanol–water partition coefficient (Wildman–Crippen LogP) is 5.65. The van der Waals surface area contributed by atoms with Crippen molar-refractivity contribution in [2.24, 2.45) is 0 Å². The lowest BCUT2D eigenvalue weighted by atomic mass is 10.3. The minimum Gasteiger partial charge on any atom is -0.279 e. The third kappa shape index (κ3) is 4.35. The molecule has 0 radical (unpaired) electrons. The third-order valence-electron chi connectivity index (χ3n) is 3.26. The second kappa shape index (κ2) is 7.91. The summed E-state index contributed by atoms with van der Waals surface area (Å²) in [6.07, 6.45) is 0. The van der Waals surface area contributed by atoms with E-state index in [2.05, 4.69) is 0 Å². The Kier molecular flexibility index (Phi) is 6.52. The molecule has 0 bridgehead atoms. The van der Waals surface area contributed by atoms with Crippen molar-refractivity contribution in [3.05, 3.63) is 56.5 Å². The number of rotatable bonds is 5. The Hall–Kier alpha value is -0.690. The summed E-state index contributed by atoms with van der Waals surface area (Å²) in [6.45, 7) is 1.32. The van der Waals surface area contributed by atoms with Crippen LogP contribution in [0.15, 0.2) is 41.3 Å². The summed E-state index contributed by atoms with van der Waals surface area (Å²) in [4.78, 5) is 11.4. The Morgan fingerprint density at radius 1 is 0.960 bits per heavy atom. The molecular formula is C15H10Cl5NO3S. The van der Waals surface area contributed by atoms with Crippen LogP contribution in [0.4, 0.5) is 5.69 Å². The van der Waals surface area contributed by atoms with Crippen molar-refractivity contribution >= 4 is 79.0 Å². The fraction of sp³-hybridized carbons (Fsp3) is 0.133. The Balaban J connectivity index is 2.77. The maximum Gasteiger partial charge on any atom is 0.266 e. The molecule has 2 rings (SSSR count). The topological polar surface area (TPSA) is 54.5 Å². The molecule has 0 aliphatic rings. The molecule has 0 aromatic heterocycles. The number of sulfonamides is 1. The molecule has 0 N–H and O–H groups in total. The van der Waals surface area contributed by atoms with Gasteiger partial charge in [0.1, 0.15) is 10.9 Å². The van der Waals surface area contributed by atoms with Crippen molar-refractivity contribution in [2.45, 2.75) is 17.9 Å². The molecule has 2 aromatic carbocycles. The standard InChI is InChI=1S/C15H10Cl5NO3S/c1-8(15(20)22)21(13-6-9(16)2-4-11(13)18)25(23,24)14-7-10(17)3-5-12(14)19/h2-8H,1H3. The van der Waals surface area contributed by atoms with E-state index < -0.39 is 21.3 Å². The zero-order valence-corrected chi connectivity index (χ0v) is 17.1. The quantitative estimate of drug-likeness (QED) is 0.541. The van der Waals surface area contributed by atoms with E-state index in [4.69, 9.17) is 58.0 Å². The van der Waals surface area contributed by atoms with Crippen LogP contribution in [0, 0.1) is 0 Å². The van der Waals surface area contributed by atoms with Gasteiger partial charge in [-0.15, -0.1) is 0 Å². The van der Waals surface area contributed by atoms with Crippen LogP contribution in [0.2, 0.25) is 20.1 Å². The van der Waals surface area contributed by atoms with Gasteiger partial charge in [0.2, 0.25) is 5.24 Å². The van der Waals surface area contributed by atoms with Crippen molar-refractivity contribution in [3.8, 4) is 0 Å². The monoisotopic (exact) mass is 459 g/mol. The van der Waals surface area contributed by atoms with Crippen LogP contribution in [0.25, 0.3) is 0 Å². The van der Waals surface area contributed by atoms with E-state index >= 15 is 0 Å². The molecule has 10 heteroatoms. The van der Waals surface area contributed by atoms with Crippen LogP contribution in [0.5, 0.6) is 0 Å². The van der Waals surface area contributed by atoms with Crippen molar-refractivity contribution in [1.29, 1.82) is 0 Å². The highest BCUT2D eigenvalue weighted by atomic mass is 35.5. The SMILES string of the molecule is CC(C(=O)Cl)N(c1cc(Cl)ccc1Cl)S(=O)(=O)c1cc(Cl)ccc1Cl. The molecule has 0 aliphatic heterocycles. The van der Waals surface area contributed by atoms with Crippen molar-refractivity contribution in [2.75, 3.05) is 4.31 Å². The molecule has 0 fully saturated rings. The molecule has 0 saturated carbocycles. The maximum absolute atomic E-state index is 13.2.